The van der Waals surface area contributed by atoms with Gasteiger partial charge in [-0.15, -0.1) is 0 Å². The van der Waals surface area contributed by atoms with Crippen molar-refractivity contribution in [3.05, 3.63) is 84.4 Å². The third-order valence-corrected chi connectivity index (χ3v) is 4.15. The van der Waals surface area contributed by atoms with Gasteiger partial charge >= 0.3 is 5.95 Å². The van der Waals surface area contributed by atoms with Gasteiger partial charge in [-0.1, -0.05) is 80.6 Å². The Hall–Kier alpha value is -3.07. The molecule has 0 amide bonds. The van der Waals surface area contributed by atoms with Crippen LogP contribution in [0.4, 0.5) is 5.95 Å². The van der Waals surface area contributed by atoms with Gasteiger partial charge in [-0.05, 0) is 28.8 Å². The van der Waals surface area contributed by atoms with Gasteiger partial charge in [0.25, 0.3) is 0 Å². The number of fused-ring (bicyclic) bond motifs is 1. The Balaban J connectivity index is 0.000000880. The summed E-state index contributed by atoms with van der Waals surface area (Å²) in [6.07, 6.45) is 0. The number of H-pyrrole nitrogens is 1. The van der Waals surface area contributed by atoms with E-state index in [2.05, 4.69) is 64.1 Å². The van der Waals surface area contributed by atoms with E-state index in [1.54, 1.807) is 0 Å². The number of nitrogen functional groups attached to an aromatic ring is 1. The minimum atomic E-state index is 0.679. The van der Waals surface area contributed by atoms with Crippen LogP contribution in [-0.4, -0.2) is 4.98 Å². The number of rotatable bonds is 3. The normalized spacial score (nSPS) is 10.3. The fourth-order valence-electron chi connectivity index (χ4n) is 2.94. The SMILES string of the molecule is CC.Nc1[nH]c2ccccc2[n+]1Cc1ccc(-c2ccccc2)cc1. The number of anilines is 1. The first-order valence-electron chi connectivity index (χ1n) is 8.72. The first-order valence-corrected chi connectivity index (χ1v) is 8.72. The van der Waals surface area contributed by atoms with Crippen LogP contribution in [0.2, 0.25) is 0 Å². The lowest BCUT2D eigenvalue weighted by Crippen LogP contribution is -2.36. The van der Waals surface area contributed by atoms with Crippen LogP contribution in [-0.2, 0) is 6.54 Å². The molecule has 3 N–H and O–H groups in total. The number of para-hydroxylation sites is 2. The van der Waals surface area contributed by atoms with Crippen LogP contribution in [0.5, 0.6) is 0 Å². The first-order chi connectivity index (χ1) is 12.3. The maximum atomic E-state index is 6.13. The minimum absolute atomic E-state index is 0.679. The van der Waals surface area contributed by atoms with Gasteiger partial charge in [0.15, 0.2) is 0 Å². The lowest BCUT2D eigenvalue weighted by atomic mass is 10.0. The highest BCUT2D eigenvalue weighted by Gasteiger charge is 2.13. The van der Waals surface area contributed by atoms with Gasteiger partial charge in [-0.2, -0.15) is 0 Å². The molecule has 1 heterocycles. The van der Waals surface area contributed by atoms with Gasteiger partial charge < -0.3 is 0 Å². The maximum Gasteiger partial charge on any atom is 0.353 e. The molecule has 4 aromatic rings. The standard InChI is InChI=1S/C20H17N3.C2H6/c21-20-22-18-8-4-5-9-19(18)23(20)14-15-10-12-17(13-11-15)16-6-2-1-3-7-16;1-2/h1-13H,14H2,(H2,21,22);1-2H3/p+1. The van der Waals surface area contributed by atoms with Crippen molar-refractivity contribution < 1.29 is 4.57 Å². The molecule has 0 saturated heterocycles. The van der Waals surface area contributed by atoms with Gasteiger partial charge in [0.05, 0.1) is 6.54 Å². The van der Waals surface area contributed by atoms with Crippen molar-refractivity contribution in [2.75, 3.05) is 5.73 Å². The number of nitrogens with one attached hydrogen (secondary N) is 1. The average Bonchev–Trinajstić information content (AvgIpc) is 3.00. The largest absolute Gasteiger partial charge is 0.353 e. The van der Waals surface area contributed by atoms with Crippen LogP contribution >= 0.6 is 0 Å². The van der Waals surface area contributed by atoms with Crippen molar-refractivity contribution >= 4 is 17.0 Å². The van der Waals surface area contributed by atoms with E-state index in [0.29, 0.717) is 5.95 Å². The second kappa shape index (κ2) is 7.67. The Morgan fingerprint density at radius 3 is 2.08 bits per heavy atom. The second-order valence-electron chi connectivity index (χ2n) is 5.68. The zero-order chi connectivity index (χ0) is 17.6. The molecular formula is C22H24N3+. The molecule has 0 aliphatic rings. The molecule has 0 unspecified atom stereocenters. The Morgan fingerprint density at radius 2 is 1.36 bits per heavy atom. The molecule has 0 atom stereocenters. The van der Waals surface area contributed by atoms with Crippen molar-refractivity contribution in [2.24, 2.45) is 0 Å². The highest BCUT2D eigenvalue weighted by molar-refractivity contribution is 5.72. The molecule has 0 bridgehead atoms. The zero-order valence-electron chi connectivity index (χ0n) is 14.7. The van der Waals surface area contributed by atoms with Crippen molar-refractivity contribution in [1.82, 2.24) is 4.98 Å². The van der Waals surface area contributed by atoms with Crippen molar-refractivity contribution in [3.63, 3.8) is 0 Å². The monoisotopic (exact) mass is 330 g/mol. The molecule has 0 aliphatic carbocycles. The molecule has 3 aromatic carbocycles. The number of benzene rings is 3. The summed E-state index contributed by atoms with van der Waals surface area (Å²) >= 11 is 0. The predicted octanol–water partition coefficient (Wildman–Crippen LogP) is 4.78. The third-order valence-electron chi connectivity index (χ3n) is 4.15. The molecule has 0 fully saturated rings. The van der Waals surface area contributed by atoms with Gasteiger partial charge in [0, 0.05) is 0 Å². The highest BCUT2D eigenvalue weighted by Crippen LogP contribution is 2.19. The molecule has 0 aliphatic heterocycles. The summed E-state index contributed by atoms with van der Waals surface area (Å²) in [4.78, 5) is 3.23. The highest BCUT2D eigenvalue weighted by atomic mass is 15.1. The number of hydrogen-bond acceptors (Lipinski definition) is 1. The maximum absolute atomic E-state index is 6.13. The van der Waals surface area contributed by atoms with E-state index in [4.69, 9.17) is 5.73 Å². The van der Waals surface area contributed by atoms with E-state index in [1.807, 2.05) is 38.1 Å². The van der Waals surface area contributed by atoms with E-state index in [-0.39, 0.29) is 0 Å². The Kier molecular flexibility index (Phi) is 5.14. The van der Waals surface area contributed by atoms with Crippen molar-refractivity contribution in [3.8, 4) is 11.1 Å². The second-order valence-corrected chi connectivity index (χ2v) is 5.68. The summed E-state index contributed by atoms with van der Waals surface area (Å²) < 4.78 is 2.10. The van der Waals surface area contributed by atoms with Crippen LogP contribution < -0.4 is 10.3 Å². The quantitative estimate of drug-likeness (QED) is 0.522. The van der Waals surface area contributed by atoms with E-state index in [1.165, 1.54) is 16.7 Å². The van der Waals surface area contributed by atoms with E-state index in [9.17, 15) is 0 Å². The lowest BCUT2D eigenvalue weighted by Gasteiger charge is -2.05. The molecule has 1 aromatic heterocycles. The summed E-state index contributed by atoms with van der Waals surface area (Å²) in [7, 11) is 0. The molecule has 0 spiro atoms. The van der Waals surface area contributed by atoms with E-state index >= 15 is 0 Å². The Bertz CT molecular complexity index is 938. The number of nitrogens with zero attached hydrogens (tertiary/aromatic N) is 1. The molecule has 4 rings (SSSR count). The molecule has 25 heavy (non-hydrogen) atoms. The number of aromatic nitrogens is 2. The summed E-state index contributed by atoms with van der Waals surface area (Å²) in [6.45, 7) is 4.75. The van der Waals surface area contributed by atoms with Gasteiger partial charge in [0.2, 0.25) is 0 Å². The van der Waals surface area contributed by atoms with Crippen LogP contribution in [0.3, 0.4) is 0 Å². The van der Waals surface area contributed by atoms with Crippen molar-refractivity contribution in [2.45, 2.75) is 20.4 Å². The number of nitrogens with two attached hydrogens (primary N) is 1. The number of imidazole rings is 1. The fourth-order valence-corrected chi connectivity index (χ4v) is 2.94. The summed E-state index contributed by atoms with van der Waals surface area (Å²) in [5.74, 6) is 0.679. The smallest absolute Gasteiger partial charge is 0.290 e. The number of aromatic amines is 1. The summed E-state index contributed by atoms with van der Waals surface area (Å²) in [5.41, 5.74) is 12.0. The van der Waals surface area contributed by atoms with Crippen LogP contribution in [0.1, 0.15) is 19.4 Å². The molecule has 126 valence electrons. The Morgan fingerprint density at radius 1 is 0.760 bits per heavy atom. The minimum Gasteiger partial charge on any atom is -0.290 e. The lowest BCUT2D eigenvalue weighted by molar-refractivity contribution is -0.647. The van der Waals surface area contributed by atoms with Crippen LogP contribution in [0.15, 0.2) is 78.9 Å². The van der Waals surface area contributed by atoms with Gasteiger partial charge in [-0.3, -0.25) is 5.73 Å². The molecular weight excluding hydrogens is 306 g/mol. The van der Waals surface area contributed by atoms with E-state index in [0.717, 1.165) is 17.6 Å². The third kappa shape index (κ3) is 3.56. The Labute approximate surface area is 148 Å². The molecule has 0 saturated carbocycles. The van der Waals surface area contributed by atoms with Gasteiger partial charge in [0.1, 0.15) is 11.0 Å². The van der Waals surface area contributed by atoms with Crippen molar-refractivity contribution in [1.29, 1.82) is 0 Å². The molecule has 3 heteroatoms. The average molecular weight is 330 g/mol. The topological polar surface area (TPSA) is 45.7 Å². The predicted molar refractivity (Wildman–Crippen MR) is 105 cm³/mol. The summed E-state index contributed by atoms with van der Waals surface area (Å²) in [6, 6.07) is 27.2. The first kappa shape index (κ1) is 16.8. The fraction of sp³-hybridized carbons (Fsp3) is 0.136. The van der Waals surface area contributed by atoms with Gasteiger partial charge in [-0.25, -0.2) is 9.55 Å². The molecule has 0 radical (unpaired) electrons. The van der Waals surface area contributed by atoms with Crippen LogP contribution in [0, 0.1) is 0 Å². The zero-order valence-corrected chi connectivity index (χ0v) is 14.7. The molecule has 3 nitrogen and oxygen atoms in total. The van der Waals surface area contributed by atoms with Crippen LogP contribution in [0.25, 0.3) is 22.2 Å². The number of hydrogen-bond donors (Lipinski definition) is 2. The summed E-state index contributed by atoms with van der Waals surface area (Å²) in [5, 5.41) is 0. The van der Waals surface area contributed by atoms with E-state index < -0.39 is 0 Å².